The third kappa shape index (κ3) is 3.08. The molecule has 1 saturated heterocycles. The predicted octanol–water partition coefficient (Wildman–Crippen LogP) is 1.55. The number of nitrogens with one attached hydrogen (secondary N) is 1. The number of hydrogen-bond acceptors (Lipinski definition) is 2. The lowest BCUT2D eigenvalue weighted by Crippen LogP contribution is -2.39. The SMILES string of the molecule is CC1=CCCN(C(=O)CC2CCCNC2)C1. The molecule has 0 bridgehead atoms. The Hall–Kier alpha value is -0.830. The van der Waals surface area contributed by atoms with Gasteiger partial charge in [0.15, 0.2) is 0 Å². The first-order chi connectivity index (χ1) is 7.75. The van der Waals surface area contributed by atoms with Crippen LogP contribution in [0.25, 0.3) is 0 Å². The van der Waals surface area contributed by atoms with Crippen LogP contribution in [0.1, 0.15) is 32.6 Å². The monoisotopic (exact) mass is 222 g/mol. The molecule has 1 N–H and O–H groups in total. The van der Waals surface area contributed by atoms with Gasteiger partial charge in [-0.15, -0.1) is 0 Å². The van der Waals surface area contributed by atoms with Crippen LogP contribution in [0.3, 0.4) is 0 Å². The van der Waals surface area contributed by atoms with E-state index in [2.05, 4.69) is 18.3 Å². The second kappa shape index (κ2) is 5.48. The van der Waals surface area contributed by atoms with Crippen molar-refractivity contribution in [3.8, 4) is 0 Å². The quantitative estimate of drug-likeness (QED) is 0.719. The number of nitrogens with zero attached hydrogens (tertiary/aromatic N) is 1. The van der Waals surface area contributed by atoms with E-state index in [0.29, 0.717) is 11.8 Å². The van der Waals surface area contributed by atoms with Crippen molar-refractivity contribution in [2.45, 2.75) is 32.6 Å². The lowest BCUT2D eigenvalue weighted by molar-refractivity contribution is -0.132. The maximum Gasteiger partial charge on any atom is 0.223 e. The zero-order chi connectivity index (χ0) is 11.4. The van der Waals surface area contributed by atoms with Gasteiger partial charge in [0.25, 0.3) is 0 Å². The summed E-state index contributed by atoms with van der Waals surface area (Å²) in [7, 11) is 0. The van der Waals surface area contributed by atoms with Crippen molar-refractivity contribution < 1.29 is 4.79 Å². The van der Waals surface area contributed by atoms with Crippen molar-refractivity contribution in [3.05, 3.63) is 11.6 Å². The molecule has 2 heterocycles. The van der Waals surface area contributed by atoms with Crippen LogP contribution >= 0.6 is 0 Å². The summed E-state index contributed by atoms with van der Waals surface area (Å²) in [5.74, 6) is 0.911. The van der Waals surface area contributed by atoms with Crippen molar-refractivity contribution in [2.24, 2.45) is 5.92 Å². The molecular formula is C13H22N2O. The zero-order valence-corrected chi connectivity index (χ0v) is 10.2. The number of piperidine rings is 1. The summed E-state index contributed by atoms with van der Waals surface area (Å²) in [5.41, 5.74) is 1.33. The molecule has 0 radical (unpaired) electrons. The lowest BCUT2D eigenvalue weighted by Gasteiger charge is -2.29. The normalized spacial score (nSPS) is 26.4. The highest BCUT2D eigenvalue weighted by Crippen LogP contribution is 2.17. The molecular weight excluding hydrogens is 200 g/mol. The predicted molar refractivity (Wildman–Crippen MR) is 65.2 cm³/mol. The van der Waals surface area contributed by atoms with Gasteiger partial charge < -0.3 is 10.2 Å². The summed E-state index contributed by atoms with van der Waals surface area (Å²) in [6.07, 6.45) is 6.44. The molecule has 2 rings (SSSR count). The van der Waals surface area contributed by atoms with Gasteiger partial charge in [-0.25, -0.2) is 0 Å². The van der Waals surface area contributed by atoms with E-state index in [9.17, 15) is 4.79 Å². The molecule has 0 saturated carbocycles. The third-order valence-corrected chi connectivity index (χ3v) is 3.55. The average molecular weight is 222 g/mol. The third-order valence-electron chi connectivity index (χ3n) is 3.55. The van der Waals surface area contributed by atoms with E-state index in [0.717, 1.165) is 39.0 Å². The Morgan fingerprint density at radius 2 is 2.50 bits per heavy atom. The lowest BCUT2D eigenvalue weighted by atomic mass is 9.95. The van der Waals surface area contributed by atoms with E-state index in [1.54, 1.807) is 0 Å². The molecule has 2 aliphatic heterocycles. The largest absolute Gasteiger partial charge is 0.338 e. The first-order valence-corrected chi connectivity index (χ1v) is 6.40. The fourth-order valence-corrected chi connectivity index (χ4v) is 2.60. The Labute approximate surface area is 97.9 Å². The Morgan fingerprint density at radius 1 is 1.62 bits per heavy atom. The van der Waals surface area contributed by atoms with E-state index in [1.165, 1.54) is 18.4 Å². The van der Waals surface area contributed by atoms with E-state index < -0.39 is 0 Å². The van der Waals surface area contributed by atoms with E-state index in [4.69, 9.17) is 0 Å². The summed E-state index contributed by atoms with van der Waals surface area (Å²) in [5, 5.41) is 3.37. The Kier molecular flexibility index (Phi) is 3.99. The zero-order valence-electron chi connectivity index (χ0n) is 10.2. The molecule has 1 atom stereocenters. The summed E-state index contributed by atoms with van der Waals surface area (Å²) >= 11 is 0. The minimum atomic E-state index is 0.348. The van der Waals surface area contributed by atoms with Gasteiger partial charge >= 0.3 is 0 Å². The smallest absolute Gasteiger partial charge is 0.223 e. The van der Waals surface area contributed by atoms with Crippen molar-refractivity contribution in [3.63, 3.8) is 0 Å². The average Bonchev–Trinajstić information content (AvgIpc) is 2.30. The van der Waals surface area contributed by atoms with Gasteiger partial charge in [0, 0.05) is 19.5 Å². The molecule has 90 valence electrons. The summed E-state index contributed by atoms with van der Waals surface area (Å²) in [6.45, 7) is 6.02. The molecule has 3 nitrogen and oxygen atoms in total. The Morgan fingerprint density at radius 3 is 3.19 bits per heavy atom. The van der Waals surface area contributed by atoms with Crippen LogP contribution in [-0.4, -0.2) is 37.0 Å². The first-order valence-electron chi connectivity index (χ1n) is 6.40. The minimum Gasteiger partial charge on any atom is -0.338 e. The van der Waals surface area contributed by atoms with Crippen LogP contribution in [-0.2, 0) is 4.79 Å². The molecule has 0 spiro atoms. The molecule has 2 aliphatic rings. The summed E-state index contributed by atoms with van der Waals surface area (Å²) in [4.78, 5) is 14.1. The number of hydrogen-bond donors (Lipinski definition) is 1. The molecule has 1 fully saturated rings. The highest BCUT2D eigenvalue weighted by molar-refractivity contribution is 5.77. The number of carbonyl (C=O) groups is 1. The number of carbonyl (C=O) groups excluding carboxylic acids is 1. The van der Waals surface area contributed by atoms with Gasteiger partial charge in [0.05, 0.1) is 0 Å². The van der Waals surface area contributed by atoms with Crippen molar-refractivity contribution in [1.82, 2.24) is 10.2 Å². The van der Waals surface area contributed by atoms with Gasteiger partial charge in [-0.05, 0) is 45.2 Å². The molecule has 1 amide bonds. The summed E-state index contributed by atoms with van der Waals surface area (Å²) < 4.78 is 0. The standard InChI is InChI=1S/C13H22N2O/c1-11-4-3-7-15(10-11)13(16)8-12-5-2-6-14-9-12/h4,12,14H,2-3,5-10H2,1H3. The van der Waals surface area contributed by atoms with Gasteiger partial charge in [-0.2, -0.15) is 0 Å². The highest BCUT2D eigenvalue weighted by Gasteiger charge is 2.21. The molecule has 1 unspecified atom stereocenters. The van der Waals surface area contributed by atoms with Gasteiger partial charge in [-0.3, -0.25) is 4.79 Å². The second-order valence-corrected chi connectivity index (χ2v) is 5.07. The Bertz CT molecular complexity index is 280. The molecule has 16 heavy (non-hydrogen) atoms. The van der Waals surface area contributed by atoms with Crippen molar-refractivity contribution in [2.75, 3.05) is 26.2 Å². The topological polar surface area (TPSA) is 32.3 Å². The molecule has 0 aromatic rings. The van der Waals surface area contributed by atoms with Crippen LogP contribution in [0.2, 0.25) is 0 Å². The second-order valence-electron chi connectivity index (χ2n) is 5.07. The van der Waals surface area contributed by atoms with Crippen LogP contribution in [0.5, 0.6) is 0 Å². The van der Waals surface area contributed by atoms with Crippen LogP contribution in [0.15, 0.2) is 11.6 Å². The van der Waals surface area contributed by atoms with Crippen molar-refractivity contribution in [1.29, 1.82) is 0 Å². The fourth-order valence-electron chi connectivity index (χ4n) is 2.60. The minimum absolute atomic E-state index is 0.348. The first kappa shape index (κ1) is 11.6. The number of rotatable bonds is 2. The number of amides is 1. The van der Waals surface area contributed by atoms with Gasteiger partial charge in [-0.1, -0.05) is 11.6 Å². The van der Waals surface area contributed by atoms with Crippen LogP contribution in [0, 0.1) is 5.92 Å². The van der Waals surface area contributed by atoms with Crippen LogP contribution in [0.4, 0.5) is 0 Å². The van der Waals surface area contributed by atoms with E-state index in [-0.39, 0.29) is 0 Å². The highest BCUT2D eigenvalue weighted by atomic mass is 16.2. The van der Waals surface area contributed by atoms with Crippen molar-refractivity contribution >= 4 is 5.91 Å². The molecule has 3 heteroatoms. The molecule has 0 aliphatic carbocycles. The summed E-state index contributed by atoms with van der Waals surface area (Å²) in [6, 6.07) is 0. The fraction of sp³-hybridized carbons (Fsp3) is 0.769. The van der Waals surface area contributed by atoms with E-state index >= 15 is 0 Å². The van der Waals surface area contributed by atoms with Crippen LogP contribution < -0.4 is 5.32 Å². The Balaban J connectivity index is 1.80. The maximum atomic E-state index is 12.1. The maximum absolute atomic E-state index is 12.1. The molecule has 0 aromatic heterocycles. The van der Waals surface area contributed by atoms with Gasteiger partial charge in [0.1, 0.15) is 0 Å². The van der Waals surface area contributed by atoms with E-state index in [1.807, 2.05) is 4.90 Å². The van der Waals surface area contributed by atoms with Gasteiger partial charge in [0.2, 0.25) is 5.91 Å². The molecule has 0 aromatic carbocycles.